The molecule has 432 valence electrons. The number of aromatic nitrogens is 2. The summed E-state index contributed by atoms with van der Waals surface area (Å²) in [5.41, 5.74) is 17.1. The highest BCUT2D eigenvalue weighted by molar-refractivity contribution is 7.91. The van der Waals surface area contributed by atoms with Crippen LogP contribution in [0.4, 0.5) is 5.69 Å². The Hall–Kier alpha value is -6.82. The summed E-state index contributed by atoms with van der Waals surface area (Å²) in [5, 5.41) is 16.9. The largest absolute Gasteiger partial charge is 0.508 e. The van der Waals surface area contributed by atoms with Gasteiger partial charge in [0.15, 0.2) is 9.84 Å². The van der Waals surface area contributed by atoms with E-state index in [-0.39, 0.29) is 54.6 Å². The number of ether oxygens (including phenoxy) is 3. The molecule has 0 radical (unpaired) electrons. The van der Waals surface area contributed by atoms with Gasteiger partial charge in [0, 0.05) is 98.6 Å². The number of anilines is 1. The van der Waals surface area contributed by atoms with Crippen LogP contribution in [-0.4, -0.2) is 151 Å². The van der Waals surface area contributed by atoms with Crippen molar-refractivity contribution < 1.29 is 46.9 Å². The molecule has 0 saturated carbocycles. The summed E-state index contributed by atoms with van der Waals surface area (Å²) in [6.45, 7) is 14.6. The average molecular weight is 1130 g/mol. The zero-order chi connectivity index (χ0) is 57.9. The van der Waals surface area contributed by atoms with Crippen molar-refractivity contribution in [3.63, 3.8) is 0 Å². The number of phenolic OH excluding ortho intramolecular Hbond substituents is 1. The maximum Gasteiger partial charge on any atom is 0.324 e. The van der Waals surface area contributed by atoms with Crippen LogP contribution < -0.4 is 16.5 Å². The molecule has 6 atom stereocenters. The SMILES string of the molecule is CCn1c(-c2cc(C#CCN3CCCS(=O)(=O)CC3)cnc2C(C)OC)c2c3cc(ccc31)-c1cc(O)cc(c1)CC(NC(=O)C(C(C)C)N(C)C(=O)C1OCCC1c1ccc(N)cc1)C(=O)N1CCCC(N1)C(=O)OCC(C)(C)C2. The molecular formula is C62H78N8O10S. The minimum absolute atomic E-state index is 0.0396. The fourth-order valence-electron chi connectivity index (χ4n) is 12.0. The third-order valence-electron chi connectivity index (χ3n) is 16.3. The van der Waals surface area contributed by atoms with Crippen LogP contribution in [0.15, 0.2) is 72.9 Å². The summed E-state index contributed by atoms with van der Waals surface area (Å²) in [6.07, 6.45) is 2.98. The number of nitrogen functional groups attached to an aromatic ring is 1. The molecule has 0 aliphatic carbocycles. The summed E-state index contributed by atoms with van der Waals surface area (Å²) in [5.74, 6) is 4.33. The molecule has 2 aromatic heterocycles. The quantitative estimate of drug-likeness (QED) is 0.0624. The van der Waals surface area contributed by atoms with E-state index in [1.54, 1.807) is 44.6 Å². The van der Waals surface area contributed by atoms with Crippen LogP contribution in [0.1, 0.15) is 107 Å². The van der Waals surface area contributed by atoms with Gasteiger partial charge in [0.25, 0.3) is 11.8 Å². The number of rotatable bonds is 11. The summed E-state index contributed by atoms with van der Waals surface area (Å²) >= 11 is 0. The number of aromatic hydroxyl groups is 1. The summed E-state index contributed by atoms with van der Waals surface area (Å²) < 4.78 is 45.1. The third-order valence-corrected chi connectivity index (χ3v) is 18.0. The van der Waals surface area contributed by atoms with Gasteiger partial charge in [-0.2, -0.15) is 0 Å². The number of esters is 1. The molecule has 4 aliphatic rings. The Labute approximate surface area is 475 Å². The number of nitrogens with zero attached hydrogens (tertiary/aromatic N) is 5. The third kappa shape index (κ3) is 13.3. The molecular weight excluding hydrogens is 1050 g/mol. The lowest BCUT2D eigenvalue weighted by molar-refractivity contribution is -0.155. The minimum atomic E-state index is -3.07. The number of pyridine rings is 1. The van der Waals surface area contributed by atoms with Crippen molar-refractivity contribution in [3.05, 3.63) is 101 Å². The second kappa shape index (κ2) is 24.7. The van der Waals surface area contributed by atoms with Crippen molar-refractivity contribution in [2.45, 2.75) is 123 Å². The number of methoxy groups -OCH3 is 1. The normalized spacial score (nSPS) is 22.2. The van der Waals surface area contributed by atoms with Crippen LogP contribution >= 0.6 is 0 Å². The lowest BCUT2D eigenvalue weighted by Crippen LogP contribution is -2.62. The van der Waals surface area contributed by atoms with E-state index in [4.69, 9.17) is 24.9 Å². The molecule has 6 unspecified atom stereocenters. The molecule has 81 heavy (non-hydrogen) atoms. The molecule has 3 aromatic carbocycles. The van der Waals surface area contributed by atoms with Gasteiger partial charge in [-0.25, -0.2) is 13.8 Å². The smallest absolute Gasteiger partial charge is 0.324 e. The van der Waals surface area contributed by atoms with Crippen molar-refractivity contribution in [1.82, 2.24) is 35.1 Å². The van der Waals surface area contributed by atoms with Crippen LogP contribution in [-0.2, 0) is 62.6 Å². The minimum Gasteiger partial charge on any atom is -0.508 e. The highest BCUT2D eigenvalue weighted by Crippen LogP contribution is 2.43. The van der Waals surface area contributed by atoms with E-state index in [0.717, 1.165) is 38.9 Å². The van der Waals surface area contributed by atoms with E-state index in [1.807, 2.05) is 51.1 Å². The topological polar surface area (TPSA) is 228 Å². The van der Waals surface area contributed by atoms with Crippen molar-refractivity contribution in [2.24, 2.45) is 11.3 Å². The van der Waals surface area contributed by atoms with Gasteiger partial charge in [-0.15, -0.1) is 0 Å². The summed E-state index contributed by atoms with van der Waals surface area (Å²) in [4.78, 5) is 66.9. The van der Waals surface area contributed by atoms with Crippen LogP contribution in [0, 0.1) is 23.2 Å². The molecule has 6 bridgehead atoms. The van der Waals surface area contributed by atoms with Gasteiger partial charge in [0.05, 0.1) is 42.1 Å². The van der Waals surface area contributed by atoms with Gasteiger partial charge in [-0.3, -0.25) is 34.1 Å². The Morgan fingerprint density at radius 2 is 1.78 bits per heavy atom. The molecule has 0 spiro atoms. The van der Waals surface area contributed by atoms with Crippen LogP contribution in [0.25, 0.3) is 33.3 Å². The van der Waals surface area contributed by atoms with Crippen molar-refractivity contribution in [1.29, 1.82) is 0 Å². The fourth-order valence-corrected chi connectivity index (χ4v) is 13.3. The van der Waals surface area contributed by atoms with E-state index in [0.29, 0.717) is 93.0 Å². The maximum atomic E-state index is 15.0. The van der Waals surface area contributed by atoms with Crippen LogP contribution in [0.3, 0.4) is 0 Å². The first-order valence-corrected chi connectivity index (χ1v) is 30.2. The second-order valence-electron chi connectivity index (χ2n) is 23.3. The lowest BCUT2D eigenvalue weighted by atomic mass is 9.84. The van der Waals surface area contributed by atoms with Crippen molar-refractivity contribution in [2.75, 3.05) is 70.8 Å². The first-order valence-electron chi connectivity index (χ1n) is 28.4. The summed E-state index contributed by atoms with van der Waals surface area (Å²) in [7, 11) is 0.166. The van der Waals surface area contributed by atoms with E-state index >= 15 is 0 Å². The van der Waals surface area contributed by atoms with E-state index < -0.39 is 63.4 Å². The molecule has 19 heteroatoms. The zero-order valence-electron chi connectivity index (χ0n) is 47.9. The lowest BCUT2D eigenvalue weighted by Gasteiger charge is -2.37. The number of benzene rings is 3. The van der Waals surface area contributed by atoms with E-state index in [9.17, 15) is 32.7 Å². The molecule has 3 amide bonds. The number of aryl methyl sites for hydroxylation is 1. The monoisotopic (exact) mass is 1130 g/mol. The van der Waals surface area contributed by atoms with Crippen molar-refractivity contribution in [3.8, 4) is 40.0 Å². The van der Waals surface area contributed by atoms with Gasteiger partial charge in [0.2, 0.25) is 5.91 Å². The molecule has 5 aromatic rings. The van der Waals surface area contributed by atoms with Gasteiger partial charge >= 0.3 is 5.97 Å². The molecule has 3 fully saturated rings. The predicted octanol–water partition coefficient (Wildman–Crippen LogP) is 6.56. The molecule has 3 saturated heterocycles. The molecule has 9 rings (SSSR count). The Balaban J connectivity index is 1.10. The number of nitrogens with two attached hydrogens (primary N) is 1. The number of amides is 3. The Morgan fingerprint density at radius 1 is 1.00 bits per heavy atom. The van der Waals surface area contributed by atoms with Gasteiger partial charge in [-0.1, -0.05) is 63.8 Å². The highest BCUT2D eigenvalue weighted by atomic mass is 32.2. The van der Waals surface area contributed by atoms with Gasteiger partial charge in [-0.05, 0) is 122 Å². The van der Waals surface area contributed by atoms with E-state index in [2.05, 4.69) is 65.0 Å². The Morgan fingerprint density at radius 3 is 2.52 bits per heavy atom. The predicted molar refractivity (Wildman–Crippen MR) is 311 cm³/mol. The Bertz CT molecular complexity index is 3350. The number of likely N-dealkylation sites (N-methyl/N-ethyl adjacent to an activating group) is 1. The van der Waals surface area contributed by atoms with Gasteiger partial charge in [0.1, 0.15) is 30.0 Å². The van der Waals surface area contributed by atoms with E-state index in [1.165, 1.54) is 9.91 Å². The fraction of sp³-hybridized carbons (Fsp3) is 0.500. The summed E-state index contributed by atoms with van der Waals surface area (Å²) in [6, 6.07) is 17.7. The molecule has 4 aliphatic heterocycles. The number of nitrogens with one attached hydrogen (secondary N) is 2. The highest BCUT2D eigenvalue weighted by Gasteiger charge is 2.42. The number of cyclic esters (lactones) is 1. The standard InChI is InChI=1S/C62H78N8O10S/c1-9-69-53-20-17-43-34-48(53)50(56(69)49-31-40(36-64-54(49)39(4)78-8)13-10-22-68-23-12-27-81(76,77)28-25-68)35-62(5,6)37-80-61(75)51-14-11-24-70(66-51)59(73)52(32-41-29-44(43)33-46(71)30-41)65-58(72)55(38(2)3)67(7)60(74)57-47(21-26-79-57)42-15-18-45(63)19-16-42/h15-20,29-31,33-34,36,38-39,47,51-52,55,57,66,71H,9,11-12,14,21-28,32,35,37,63H2,1-8H3,(H,65,72). The number of carbonyl (C=O) groups is 4. The Kier molecular flexibility index (Phi) is 18.0. The first-order chi connectivity index (χ1) is 38.6. The van der Waals surface area contributed by atoms with Gasteiger partial charge < -0.3 is 39.8 Å². The zero-order valence-corrected chi connectivity index (χ0v) is 48.7. The number of hydrazine groups is 1. The number of sulfone groups is 1. The molecule has 5 N–H and O–H groups in total. The molecule has 6 heterocycles. The number of phenols is 1. The maximum absolute atomic E-state index is 15.0. The average Bonchev–Trinajstić information content (AvgIpc) is 4.05. The first kappa shape index (κ1) is 58.8. The number of fused-ring (bicyclic) bond motifs is 6. The van der Waals surface area contributed by atoms with Crippen LogP contribution in [0.5, 0.6) is 5.75 Å². The van der Waals surface area contributed by atoms with Crippen LogP contribution in [0.2, 0.25) is 0 Å². The van der Waals surface area contributed by atoms with Crippen molar-refractivity contribution >= 4 is 50.1 Å². The number of hydrogen-bond donors (Lipinski definition) is 4. The number of hydrogen-bond acceptors (Lipinski definition) is 14. The molecule has 18 nitrogen and oxygen atoms in total. The second-order valence-corrected chi connectivity index (χ2v) is 25.6. The number of carbonyl (C=O) groups excluding carboxylic acids is 4.